The molecule has 0 aliphatic heterocycles. The van der Waals surface area contributed by atoms with Crippen LogP contribution in [-0.2, 0) is 9.53 Å². The van der Waals surface area contributed by atoms with Gasteiger partial charge in [0.05, 0.1) is 0 Å². The first-order valence-corrected chi connectivity index (χ1v) is 21.8. The number of hydrogen-bond donors (Lipinski definition) is 0. The molecule has 4 aliphatic carbocycles. The van der Waals surface area contributed by atoms with Gasteiger partial charge in [-0.2, -0.15) is 0 Å². The van der Waals surface area contributed by atoms with Crippen molar-refractivity contribution in [1.82, 2.24) is 0 Å². The van der Waals surface area contributed by atoms with Crippen LogP contribution < -0.4 is 0 Å². The highest BCUT2D eigenvalue weighted by Crippen LogP contribution is 2.68. The molecular weight excluding hydrogens is 597 g/mol. The van der Waals surface area contributed by atoms with E-state index in [2.05, 4.69) is 84.9 Å². The summed E-state index contributed by atoms with van der Waals surface area (Å²) >= 11 is 0. The van der Waals surface area contributed by atoms with E-state index in [1.54, 1.807) is 0 Å². The number of hydrogen-bond acceptors (Lipinski definition) is 2. The van der Waals surface area contributed by atoms with Crippen LogP contribution in [0.1, 0.15) is 190 Å². The molecule has 0 amide bonds. The summed E-state index contributed by atoms with van der Waals surface area (Å²) in [7, 11) is 0. The summed E-state index contributed by atoms with van der Waals surface area (Å²) in [5.41, 5.74) is 1.02. The molecule has 4 saturated carbocycles. The molecule has 49 heavy (non-hydrogen) atoms. The Balaban J connectivity index is 1.13. The summed E-state index contributed by atoms with van der Waals surface area (Å²) in [6.07, 6.45) is 41.0. The number of unbranched alkanes of at least 4 members (excludes halogenated alkanes) is 5. The molecule has 2 nitrogen and oxygen atoms in total. The molecule has 280 valence electrons. The zero-order valence-corrected chi connectivity index (χ0v) is 33.5. The van der Waals surface area contributed by atoms with Gasteiger partial charge in [-0.15, -0.1) is 0 Å². The van der Waals surface area contributed by atoms with Crippen LogP contribution in [0.3, 0.4) is 0 Å². The highest BCUT2D eigenvalue weighted by Gasteiger charge is 2.60. The van der Waals surface area contributed by atoms with E-state index >= 15 is 0 Å². The summed E-state index contributed by atoms with van der Waals surface area (Å²) in [4.78, 5) is 12.9. The standard InChI is InChI=1S/C47H80O2/c1-8-10-11-12-13-14-15-16-17-18-19-20-21-22-23-24-45(48)49-40-31-33-46(6)39(35-40)27-28-41-43-30-29-42(47(43,7)34-32-44(41)46)37(5)25-26-38(9-2)36(3)4/h10-11,13-14,16-17,36-44H,8-9,12,15,18-35H2,1-7H3/t37-,38-,39?,40?,41+,42-,43+,44+,46+,47-/m1/s1. The van der Waals surface area contributed by atoms with Gasteiger partial charge < -0.3 is 4.74 Å². The lowest BCUT2D eigenvalue weighted by Gasteiger charge is -2.61. The topological polar surface area (TPSA) is 26.3 Å². The first-order chi connectivity index (χ1) is 23.6. The molecule has 0 saturated heterocycles. The molecule has 0 heterocycles. The highest BCUT2D eigenvalue weighted by molar-refractivity contribution is 5.69. The molecule has 0 radical (unpaired) electrons. The predicted octanol–water partition coefficient (Wildman–Crippen LogP) is 14.2. The SMILES string of the molecule is CCC=CCC=CCC=CCCCCCCCC(=O)OC1CC[C@@]2(C)C(CC[C@H]3[C@@H]4CC[C@H]([C@H](C)CC[C@@H](CC)C(C)C)[C@@]4(C)CC[C@@H]32)C1. The van der Waals surface area contributed by atoms with E-state index < -0.39 is 0 Å². The largest absolute Gasteiger partial charge is 0.462 e. The van der Waals surface area contributed by atoms with E-state index in [4.69, 9.17) is 4.74 Å². The van der Waals surface area contributed by atoms with Crippen molar-refractivity contribution in [2.75, 3.05) is 0 Å². The summed E-state index contributed by atoms with van der Waals surface area (Å²) in [5, 5.41) is 0. The number of esters is 1. The molecule has 0 spiro atoms. The highest BCUT2D eigenvalue weighted by atomic mass is 16.5. The van der Waals surface area contributed by atoms with Gasteiger partial charge in [-0.05, 0) is 161 Å². The fraction of sp³-hybridized carbons (Fsp3) is 0.851. The minimum atomic E-state index is 0.0710. The van der Waals surface area contributed by atoms with Crippen molar-refractivity contribution in [3.05, 3.63) is 36.5 Å². The third-order valence-electron chi connectivity index (χ3n) is 15.2. The number of carbonyl (C=O) groups is 1. The number of carbonyl (C=O) groups excluding carboxylic acids is 1. The minimum Gasteiger partial charge on any atom is -0.462 e. The maximum Gasteiger partial charge on any atom is 0.306 e. The molecule has 4 aliphatic rings. The first-order valence-electron chi connectivity index (χ1n) is 21.8. The van der Waals surface area contributed by atoms with E-state index in [9.17, 15) is 4.79 Å². The maximum atomic E-state index is 12.9. The second-order valence-corrected chi connectivity index (χ2v) is 18.3. The van der Waals surface area contributed by atoms with E-state index in [1.165, 1.54) is 89.9 Å². The summed E-state index contributed by atoms with van der Waals surface area (Å²) in [5.74, 6) is 7.12. The minimum absolute atomic E-state index is 0.0710. The quantitative estimate of drug-likeness (QED) is 0.0729. The number of fused-ring (bicyclic) bond motifs is 5. The molecular formula is C47H80O2. The van der Waals surface area contributed by atoms with Gasteiger partial charge in [0, 0.05) is 6.42 Å². The lowest BCUT2D eigenvalue weighted by atomic mass is 9.44. The number of ether oxygens (including phenoxy) is 1. The van der Waals surface area contributed by atoms with Crippen molar-refractivity contribution < 1.29 is 9.53 Å². The molecule has 2 heteroatoms. The van der Waals surface area contributed by atoms with Crippen molar-refractivity contribution in [2.24, 2.45) is 58.2 Å². The van der Waals surface area contributed by atoms with Crippen molar-refractivity contribution in [3.63, 3.8) is 0 Å². The van der Waals surface area contributed by atoms with Crippen LogP contribution in [0.2, 0.25) is 0 Å². The lowest BCUT2D eigenvalue weighted by molar-refractivity contribution is -0.162. The Morgan fingerprint density at radius 2 is 1.41 bits per heavy atom. The van der Waals surface area contributed by atoms with Gasteiger partial charge in [0.15, 0.2) is 0 Å². The van der Waals surface area contributed by atoms with E-state index in [-0.39, 0.29) is 12.1 Å². The molecule has 4 fully saturated rings. The Bertz CT molecular complexity index is 1050. The van der Waals surface area contributed by atoms with Crippen LogP contribution in [0.5, 0.6) is 0 Å². The molecule has 0 aromatic carbocycles. The molecule has 4 rings (SSSR count). The van der Waals surface area contributed by atoms with Crippen molar-refractivity contribution in [3.8, 4) is 0 Å². The van der Waals surface area contributed by atoms with E-state index in [0.717, 1.165) is 92.3 Å². The van der Waals surface area contributed by atoms with Crippen LogP contribution >= 0.6 is 0 Å². The smallest absolute Gasteiger partial charge is 0.306 e. The summed E-state index contributed by atoms with van der Waals surface area (Å²) in [6, 6.07) is 0. The second kappa shape index (κ2) is 20.1. The molecule has 0 N–H and O–H groups in total. The third-order valence-corrected chi connectivity index (χ3v) is 15.2. The van der Waals surface area contributed by atoms with E-state index in [0.29, 0.717) is 17.3 Å². The summed E-state index contributed by atoms with van der Waals surface area (Å²) < 4.78 is 6.17. The summed E-state index contributed by atoms with van der Waals surface area (Å²) in [6.45, 7) is 17.5. The van der Waals surface area contributed by atoms with Crippen molar-refractivity contribution in [1.29, 1.82) is 0 Å². The molecule has 10 atom stereocenters. The lowest BCUT2D eigenvalue weighted by Crippen LogP contribution is -2.54. The van der Waals surface area contributed by atoms with Crippen LogP contribution in [0, 0.1) is 58.2 Å². The molecule has 0 bridgehead atoms. The van der Waals surface area contributed by atoms with Gasteiger partial charge in [-0.3, -0.25) is 4.79 Å². The normalized spacial score (nSPS) is 34.4. The fourth-order valence-corrected chi connectivity index (χ4v) is 12.1. The Morgan fingerprint density at radius 3 is 2.14 bits per heavy atom. The Labute approximate surface area is 305 Å². The zero-order valence-electron chi connectivity index (χ0n) is 33.5. The fourth-order valence-electron chi connectivity index (χ4n) is 12.1. The van der Waals surface area contributed by atoms with Crippen LogP contribution in [0.15, 0.2) is 36.5 Å². The van der Waals surface area contributed by atoms with Gasteiger partial charge in [0.2, 0.25) is 0 Å². The van der Waals surface area contributed by atoms with Crippen LogP contribution in [0.4, 0.5) is 0 Å². The van der Waals surface area contributed by atoms with Gasteiger partial charge in [-0.25, -0.2) is 0 Å². The number of allylic oxidation sites excluding steroid dienone is 6. The molecule has 0 aromatic heterocycles. The maximum absolute atomic E-state index is 12.9. The number of rotatable bonds is 20. The van der Waals surface area contributed by atoms with Crippen LogP contribution in [-0.4, -0.2) is 12.1 Å². The average Bonchev–Trinajstić information content (AvgIpc) is 3.44. The third kappa shape index (κ3) is 10.9. The Morgan fingerprint density at radius 1 is 0.735 bits per heavy atom. The monoisotopic (exact) mass is 677 g/mol. The predicted molar refractivity (Wildman–Crippen MR) is 211 cm³/mol. The van der Waals surface area contributed by atoms with Gasteiger partial charge in [0.1, 0.15) is 6.10 Å². The Hall–Kier alpha value is -1.31. The van der Waals surface area contributed by atoms with Gasteiger partial charge in [0.25, 0.3) is 0 Å². The van der Waals surface area contributed by atoms with Crippen molar-refractivity contribution in [2.45, 2.75) is 196 Å². The van der Waals surface area contributed by atoms with Gasteiger partial charge >= 0.3 is 5.97 Å². The average molecular weight is 677 g/mol. The Kier molecular flexibility index (Phi) is 16.6. The second-order valence-electron chi connectivity index (χ2n) is 18.3. The van der Waals surface area contributed by atoms with Crippen LogP contribution in [0.25, 0.3) is 0 Å². The zero-order chi connectivity index (χ0) is 35.3. The molecule has 2 unspecified atom stereocenters. The van der Waals surface area contributed by atoms with Gasteiger partial charge in [-0.1, -0.05) is 117 Å². The van der Waals surface area contributed by atoms with Crippen molar-refractivity contribution >= 4 is 5.97 Å². The molecule has 0 aromatic rings. The first kappa shape index (κ1) is 40.5. The van der Waals surface area contributed by atoms with E-state index in [1.807, 2.05) is 0 Å².